The third-order valence-corrected chi connectivity index (χ3v) is 4.24. The highest BCUT2D eigenvalue weighted by Gasteiger charge is 2.23. The normalized spacial score (nSPS) is 25.1. The Labute approximate surface area is 106 Å². The number of rotatable bonds is 7. The Balaban J connectivity index is 1.54. The summed E-state index contributed by atoms with van der Waals surface area (Å²) in [5.41, 5.74) is 0. The molecule has 1 atom stereocenters. The Morgan fingerprint density at radius 1 is 1.24 bits per heavy atom. The van der Waals surface area contributed by atoms with E-state index in [0.29, 0.717) is 6.10 Å². The number of hydrogen-bond donors (Lipinski definition) is 1. The van der Waals surface area contributed by atoms with Gasteiger partial charge in [-0.3, -0.25) is 0 Å². The van der Waals surface area contributed by atoms with Gasteiger partial charge in [0, 0.05) is 32.3 Å². The average molecular weight is 240 g/mol. The van der Waals surface area contributed by atoms with Gasteiger partial charge in [-0.05, 0) is 52.0 Å². The molecule has 0 bridgehead atoms. The molecule has 3 nitrogen and oxygen atoms in total. The van der Waals surface area contributed by atoms with E-state index in [0.717, 1.165) is 12.1 Å². The maximum absolute atomic E-state index is 5.41. The molecule has 0 aromatic carbocycles. The molecule has 0 aromatic heterocycles. The SMILES string of the molecule is COC1CCN(C(C)CCCNC2CC2)CC1. The van der Waals surface area contributed by atoms with E-state index < -0.39 is 0 Å². The number of hydrogen-bond acceptors (Lipinski definition) is 3. The molecule has 17 heavy (non-hydrogen) atoms. The molecule has 2 fully saturated rings. The zero-order valence-electron chi connectivity index (χ0n) is 11.5. The quantitative estimate of drug-likeness (QED) is 0.689. The molecule has 1 saturated carbocycles. The molecule has 1 aliphatic carbocycles. The molecule has 1 aliphatic heterocycles. The van der Waals surface area contributed by atoms with Gasteiger partial charge in [-0.2, -0.15) is 0 Å². The summed E-state index contributed by atoms with van der Waals surface area (Å²) < 4.78 is 5.41. The summed E-state index contributed by atoms with van der Waals surface area (Å²) >= 11 is 0. The molecule has 1 saturated heterocycles. The lowest BCUT2D eigenvalue weighted by Gasteiger charge is -2.35. The summed E-state index contributed by atoms with van der Waals surface area (Å²) in [6.07, 6.45) is 8.39. The third-order valence-electron chi connectivity index (χ3n) is 4.24. The first-order valence-corrected chi connectivity index (χ1v) is 7.30. The van der Waals surface area contributed by atoms with Crippen LogP contribution in [0.25, 0.3) is 0 Å². The van der Waals surface area contributed by atoms with E-state index >= 15 is 0 Å². The van der Waals surface area contributed by atoms with Gasteiger partial charge in [0.05, 0.1) is 6.10 Å². The first kappa shape index (κ1) is 13.3. The second kappa shape index (κ2) is 6.72. The van der Waals surface area contributed by atoms with Gasteiger partial charge in [-0.1, -0.05) is 0 Å². The molecule has 1 heterocycles. The van der Waals surface area contributed by atoms with Crippen LogP contribution in [-0.4, -0.2) is 49.8 Å². The monoisotopic (exact) mass is 240 g/mol. The van der Waals surface area contributed by atoms with Crippen LogP contribution in [0.2, 0.25) is 0 Å². The van der Waals surface area contributed by atoms with Gasteiger partial charge in [0.2, 0.25) is 0 Å². The fraction of sp³-hybridized carbons (Fsp3) is 1.00. The Morgan fingerprint density at radius 3 is 2.53 bits per heavy atom. The number of methoxy groups -OCH3 is 1. The molecule has 0 radical (unpaired) electrons. The van der Waals surface area contributed by atoms with Gasteiger partial charge in [-0.25, -0.2) is 0 Å². The Morgan fingerprint density at radius 2 is 1.94 bits per heavy atom. The highest BCUT2D eigenvalue weighted by atomic mass is 16.5. The molecule has 2 rings (SSSR count). The second-order valence-electron chi connectivity index (χ2n) is 5.69. The van der Waals surface area contributed by atoms with Crippen LogP contribution in [0.1, 0.15) is 45.4 Å². The van der Waals surface area contributed by atoms with Crippen molar-refractivity contribution in [3.63, 3.8) is 0 Å². The highest BCUT2D eigenvalue weighted by Crippen LogP contribution is 2.19. The molecule has 0 aromatic rings. The van der Waals surface area contributed by atoms with Crippen LogP contribution in [-0.2, 0) is 4.74 Å². The summed E-state index contributed by atoms with van der Waals surface area (Å²) in [6, 6.07) is 1.61. The predicted molar refractivity (Wildman–Crippen MR) is 71.3 cm³/mol. The Kier molecular flexibility index (Phi) is 5.26. The van der Waals surface area contributed by atoms with E-state index in [1.807, 2.05) is 7.11 Å². The highest BCUT2D eigenvalue weighted by molar-refractivity contribution is 4.81. The Hall–Kier alpha value is -0.120. The molecular formula is C14H28N2O. The summed E-state index contributed by atoms with van der Waals surface area (Å²) in [7, 11) is 1.84. The smallest absolute Gasteiger partial charge is 0.0595 e. The molecule has 1 unspecified atom stereocenters. The van der Waals surface area contributed by atoms with Crippen molar-refractivity contribution >= 4 is 0 Å². The van der Waals surface area contributed by atoms with Crippen molar-refractivity contribution < 1.29 is 4.74 Å². The van der Waals surface area contributed by atoms with E-state index in [2.05, 4.69) is 17.1 Å². The van der Waals surface area contributed by atoms with E-state index in [1.54, 1.807) is 0 Å². The minimum atomic E-state index is 0.509. The van der Waals surface area contributed by atoms with E-state index in [1.165, 1.54) is 58.2 Å². The minimum Gasteiger partial charge on any atom is -0.381 e. The largest absolute Gasteiger partial charge is 0.381 e. The topological polar surface area (TPSA) is 24.5 Å². The van der Waals surface area contributed by atoms with Crippen LogP contribution in [0.5, 0.6) is 0 Å². The summed E-state index contributed by atoms with van der Waals surface area (Å²) in [5, 5.41) is 3.59. The van der Waals surface area contributed by atoms with Gasteiger partial charge in [0.15, 0.2) is 0 Å². The van der Waals surface area contributed by atoms with Crippen molar-refractivity contribution in [2.75, 3.05) is 26.7 Å². The van der Waals surface area contributed by atoms with Crippen LogP contribution in [0, 0.1) is 0 Å². The minimum absolute atomic E-state index is 0.509. The van der Waals surface area contributed by atoms with Crippen LogP contribution < -0.4 is 5.32 Å². The van der Waals surface area contributed by atoms with Crippen molar-refractivity contribution in [3.05, 3.63) is 0 Å². The van der Waals surface area contributed by atoms with Crippen molar-refractivity contribution in [2.24, 2.45) is 0 Å². The zero-order chi connectivity index (χ0) is 12.1. The fourth-order valence-electron chi connectivity index (χ4n) is 2.73. The van der Waals surface area contributed by atoms with Crippen molar-refractivity contribution in [1.29, 1.82) is 0 Å². The number of piperidine rings is 1. The molecule has 0 spiro atoms. The molecule has 100 valence electrons. The first-order valence-electron chi connectivity index (χ1n) is 7.30. The van der Waals surface area contributed by atoms with Gasteiger partial charge >= 0.3 is 0 Å². The number of likely N-dealkylation sites (tertiary alicyclic amines) is 1. The summed E-state index contributed by atoms with van der Waals surface area (Å²) in [5.74, 6) is 0. The van der Waals surface area contributed by atoms with Crippen molar-refractivity contribution in [1.82, 2.24) is 10.2 Å². The lowest BCUT2D eigenvalue weighted by atomic mass is 10.0. The molecule has 2 aliphatic rings. The van der Waals surface area contributed by atoms with Gasteiger partial charge < -0.3 is 15.0 Å². The van der Waals surface area contributed by atoms with Crippen LogP contribution in [0.15, 0.2) is 0 Å². The molecule has 3 heteroatoms. The predicted octanol–water partition coefficient (Wildman–Crippen LogP) is 2.02. The van der Waals surface area contributed by atoms with Crippen molar-refractivity contribution in [3.8, 4) is 0 Å². The van der Waals surface area contributed by atoms with Gasteiger partial charge in [0.1, 0.15) is 0 Å². The Bertz CT molecular complexity index is 210. The maximum Gasteiger partial charge on any atom is 0.0595 e. The van der Waals surface area contributed by atoms with Crippen LogP contribution >= 0.6 is 0 Å². The molecule has 1 N–H and O–H groups in total. The molecular weight excluding hydrogens is 212 g/mol. The van der Waals surface area contributed by atoms with Crippen LogP contribution in [0.4, 0.5) is 0 Å². The third kappa shape index (κ3) is 4.57. The maximum atomic E-state index is 5.41. The lowest BCUT2D eigenvalue weighted by molar-refractivity contribution is 0.0283. The number of nitrogens with zero attached hydrogens (tertiary/aromatic N) is 1. The van der Waals surface area contributed by atoms with Crippen molar-refractivity contribution in [2.45, 2.75) is 63.6 Å². The van der Waals surface area contributed by atoms with Gasteiger partial charge in [-0.15, -0.1) is 0 Å². The fourth-order valence-corrected chi connectivity index (χ4v) is 2.73. The van der Waals surface area contributed by atoms with E-state index in [4.69, 9.17) is 4.74 Å². The lowest BCUT2D eigenvalue weighted by Crippen LogP contribution is -2.42. The summed E-state index contributed by atoms with van der Waals surface area (Å²) in [4.78, 5) is 2.63. The van der Waals surface area contributed by atoms with Crippen LogP contribution in [0.3, 0.4) is 0 Å². The average Bonchev–Trinajstić information content (AvgIpc) is 3.18. The first-order chi connectivity index (χ1) is 8.29. The number of ether oxygens (including phenoxy) is 1. The second-order valence-corrected chi connectivity index (χ2v) is 5.69. The summed E-state index contributed by atoms with van der Waals surface area (Å²) in [6.45, 7) is 6.03. The molecule has 0 amide bonds. The van der Waals surface area contributed by atoms with E-state index in [-0.39, 0.29) is 0 Å². The van der Waals surface area contributed by atoms with Gasteiger partial charge in [0.25, 0.3) is 0 Å². The standard InChI is InChI=1S/C14H28N2O/c1-12(4-3-9-15-13-5-6-13)16-10-7-14(17-2)8-11-16/h12-15H,3-11H2,1-2H3. The number of nitrogens with one attached hydrogen (secondary N) is 1. The zero-order valence-corrected chi connectivity index (χ0v) is 11.5. The van der Waals surface area contributed by atoms with E-state index in [9.17, 15) is 0 Å².